The Kier molecular flexibility index (Phi) is 4.79. The molecule has 3 heteroatoms. The predicted octanol–water partition coefficient (Wildman–Crippen LogP) is 3.65. The first kappa shape index (κ1) is 13.1. The molecule has 2 aromatic rings. The maximum Gasteiger partial charge on any atom is 0.101 e. The molecule has 0 atom stereocenters. The fraction of sp³-hybridized carbons (Fsp3) is 0.267. The maximum atomic E-state index is 4.47. The number of benzene rings is 1. The van der Waals surface area contributed by atoms with Gasteiger partial charge in [-0.2, -0.15) is 0 Å². The molecule has 18 heavy (non-hydrogen) atoms. The Morgan fingerprint density at radius 2 is 1.89 bits per heavy atom. The number of aromatic nitrogens is 1. The molecule has 1 aromatic heterocycles. The molecule has 94 valence electrons. The first-order valence-corrected chi connectivity index (χ1v) is 7.00. The third-order valence-electron chi connectivity index (χ3n) is 2.62. The highest BCUT2D eigenvalue weighted by atomic mass is 32.2. The normalized spacial score (nSPS) is 10.6. The van der Waals surface area contributed by atoms with Gasteiger partial charge in [0, 0.05) is 17.6 Å². The van der Waals surface area contributed by atoms with Crippen LogP contribution in [0, 0.1) is 6.92 Å². The Hall–Kier alpha value is -1.32. The average molecular weight is 258 g/mol. The summed E-state index contributed by atoms with van der Waals surface area (Å²) < 4.78 is 0. The molecule has 0 bridgehead atoms. The number of nitrogens with one attached hydrogen (secondary N) is 1. The van der Waals surface area contributed by atoms with Gasteiger partial charge >= 0.3 is 0 Å². The summed E-state index contributed by atoms with van der Waals surface area (Å²) in [5.74, 6) is 0. The molecule has 0 saturated carbocycles. The quantitative estimate of drug-likeness (QED) is 0.886. The summed E-state index contributed by atoms with van der Waals surface area (Å²) >= 11 is 1.70. The topological polar surface area (TPSA) is 24.9 Å². The summed E-state index contributed by atoms with van der Waals surface area (Å²) in [5.41, 5.74) is 2.51. The van der Waals surface area contributed by atoms with Gasteiger partial charge in [0.05, 0.1) is 0 Å². The zero-order valence-corrected chi connectivity index (χ0v) is 11.6. The van der Waals surface area contributed by atoms with Gasteiger partial charge in [-0.1, -0.05) is 42.4 Å². The zero-order valence-electron chi connectivity index (χ0n) is 10.8. The van der Waals surface area contributed by atoms with Crippen LogP contribution in [0.15, 0.2) is 52.5 Å². The molecule has 2 nitrogen and oxygen atoms in total. The van der Waals surface area contributed by atoms with Gasteiger partial charge < -0.3 is 5.32 Å². The first-order chi connectivity index (χ1) is 8.78. The molecule has 0 aliphatic heterocycles. The number of hydrogen-bond donors (Lipinski definition) is 1. The van der Waals surface area contributed by atoms with E-state index in [4.69, 9.17) is 0 Å². The molecule has 0 saturated heterocycles. The van der Waals surface area contributed by atoms with Crippen molar-refractivity contribution in [3.63, 3.8) is 0 Å². The maximum absolute atomic E-state index is 4.47. The van der Waals surface area contributed by atoms with Crippen LogP contribution in [0.1, 0.15) is 18.1 Å². The third-order valence-corrected chi connectivity index (χ3v) is 3.58. The molecule has 1 N–H and O–H groups in total. The van der Waals surface area contributed by atoms with E-state index in [1.807, 2.05) is 6.20 Å². The highest BCUT2D eigenvalue weighted by Gasteiger charge is 1.99. The molecule has 2 rings (SSSR count). The summed E-state index contributed by atoms with van der Waals surface area (Å²) in [6, 6.07) is 12.7. The van der Waals surface area contributed by atoms with Gasteiger partial charge in [-0.05, 0) is 37.2 Å². The molecule has 0 spiro atoms. The fourth-order valence-electron chi connectivity index (χ4n) is 1.57. The second kappa shape index (κ2) is 6.57. The Labute approximate surface area is 113 Å². The van der Waals surface area contributed by atoms with Crippen LogP contribution in [0.25, 0.3) is 0 Å². The summed E-state index contributed by atoms with van der Waals surface area (Å²) in [4.78, 5) is 5.70. The van der Waals surface area contributed by atoms with Crippen LogP contribution in [0.5, 0.6) is 0 Å². The average Bonchev–Trinajstić information content (AvgIpc) is 2.41. The molecule has 0 aliphatic carbocycles. The summed E-state index contributed by atoms with van der Waals surface area (Å²) in [7, 11) is 0. The van der Waals surface area contributed by atoms with Crippen LogP contribution >= 0.6 is 11.8 Å². The number of hydrogen-bond acceptors (Lipinski definition) is 3. The van der Waals surface area contributed by atoms with Gasteiger partial charge in [0.2, 0.25) is 0 Å². The monoisotopic (exact) mass is 258 g/mol. The lowest BCUT2D eigenvalue weighted by Crippen LogP contribution is -2.11. The van der Waals surface area contributed by atoms with E-state index in [2.05, 4.69) is 60.5 Å². The lowest BCUT2D eigenvalue weighted by molar-refractivity contribution is 0.723. The smallest absolute Gasteiger partial charge is 0.101 e. The van der Waals surface area contributed by atoms with Gasteiger partial charge in [0.1, 0.15) is 5.03 Å². The molecule has 0 amide bonds. The molecule has 1 heterocycles. The number of aryl methyl sites for hydroxylation is 1. The first-order valence-electron chi connectivity index (χ1n) is 6.18. The minimum absolute atomic E-state index is 0.888. The predicted molar refractivity (Wildman–Crippen MR) is 76.9 cm³/mol. The van der Waals surface area contributed by atoms with Gasteiger partial charge in [0.25, 0.3) is 0 Å². The van der Waals surface area contributed by atoms with E-state index in [1.165, 1.54) is 16.0 Å². The van der Waals surface area contributed by atoms with Crippen LogP contribution in [-0.2, 0) is 6.54 Å². The molecule has 0 radical (unpaired) electrons. The summed E-state index contributed by atoms with van der Waals surface area (Å²) in [5, 5.41) is 4.33. The molecular formula is C15H18N2S. The van der Waals surface area contributed by atoms with Gasteiger partial charge in [-0.15, -0.1) is 0 Å². The highest BCUT2D eigenvalue weighted by Crippen LogP contribution is 2.25. The van der Waals surface area contributed by atoms with E-state index < -0.39 is 0 Å². The fourth-order valence-corrected chi connectivity index (χ4v) is 2.33. The minimum Gasteiger partial charge on any atom is -0.313 e. The van der Waals surface area contributed by atoms with E-state index >= 15 is 0 Å². The van der Waals surface area contributed by atoms with Gasteiger partial charge in [-0.3, -0.25) is 0 Å². The minimum atomic E-state index is 0.888. The van der Waals surface area contributed by atoms with Crippen LogP contribution in [0.3, 0.4) is 0 Å². The Bertz CT molecular complexity index is 477. The van der Waals surface area contributed by atoms with Crippen LogP contribution < -0.4 is 5.32 Å². The van der Waals surface area contributed by atoms with Crippen molar-refractivity contribution in [2.24, 2.45) is 0 Å². The van der Waals surface area contributed by atoms with Crippen molar-refractivity contribution in [2.45, 2.75) is 30.3 Å². The van der Waals surface area contributed by atoms with E-state index in [9.17, 15) is 0 Å². The molecule has 0 fully saturated rings. The number of rotatable bonds is 5. The van der Waals surface area contributed by atoms with Crippen molar-refractivity contribution < 1.29 is 0 Å². The van der Waals surface area contributed by atoms with Gasteiger partial charge in [-0.25, -0.2) is 4.98 Å². The van der Waals surface area contributed by atoms with E-state index in [0.29, 0.717) is 0 Å². The molecular weight excluding hydrogens is 240 g/mol. The van der Waals surface area contributed by atoms with Crippen molar-refractivity contribution >= 4 is 11.8 Å². The van der Waals surface area contributed by atoms with E-state index in [1.54, 1.807) is 11.8 Å². The second-order valence-corrected chi connectivity index (χ2v) is 5.29. The third kappa shape index (κ3) is 3.86. The largest absolute Gasteiger partial charge is 0.313 e. The van der Waals surface area contributed by atoms with Crippen molar-refractivity contribution in [2.75, 3.05) is 6.54 Å². The summed E-state index contributed by atoms with van der Waals surface area (Å²) in [6.45, 7) is 6.08. The highest BCUT2D eigenvalue weighted by molar-refractivity contribution is 7.99. The Morgan fingerprint density at radius 3 is 2.50 bits per heavy atom. The molecule has 0 unspecified atom stereocenters. The van der Waals surface area contributed by atoms with Crippen molar-refractivity contribution in [1.29, 1.82) is 0 Å². The van der Waals surface area contributed by atoms with Crippen molar-refractivity contribution in [3.05, 3.63) is 53.7 Å². The summed E-state index contributed by atoms with van der Waals surface area (Å²) in [6.07, 6.45) is 1.94. The lowest BCUT2D eigenvalue weighted by Gasteiger charge is -2.04. The van der Waals surface area contributed by atoms with Crippen molar-refractivity contribution in [1.82, 2.24) is 10.3 Å². The van der Waals surface area contributed by atoms with Gasteiger partial charge in [0.15, 0.2) is 0 Å². The SMILES string of the molecule is CCNCc1ccc(Sc2ccc(C)cc2)nc1. The van der Waals surface area contributed by atoms with E-state index in [0.717, 1.165) is 18.1 Å². The Morgan fingerprint density at radius 1 is 1.11 bits per heavy atom. The lowest BCUT2D eigenvalue weighted by atomic mass is 10.2. The van der Waals surface area contributed by atoms with Crippen LogP contribution in [0.2, 0.25) is 0 Å². The number of pyridine rings is 1. The zero-order chi connectivity index (χ0) is 12.8. The van der Waals surface area contributed by atoms with E-state index in [-0.39, 0.29) is 0 Å². The second-order valence-electron chi connectivity index (χ2n) is 4.20. The number of nitrogens with zero attached hydrogens (tertiary/aromatic N) is 1. The standard InChI is InChI=1S/C15H18N2S/c1-3-16-10-13-6-9-15(17-11-13)18-14-7-4-12(2)5-8-14/h4-9,11,16H,3,10H2,1-2H3. The Balaban J connectivity index is 1.99. The molecule has 1 aromatic carbocycles. The van der Waals surface area contributed by atoms with Crippen LogP contribution in [0.4, 0.5) is 0 Å². The van der Waals surface area contributed by atoms with Crippen LogP contribution in [-0.4, -0.2) is 11.5 Å². The molecule has 0 aliphatic rings. The van der Waals surface area contributed by atoms with Crippen molar-refractivity contribution in [3.8, 4) is 0 Å².